The second-order valence-electron chi connectivity index (χ2n) is 6.98. The Balaban J connectivity index is 1.54. The smallest absolute Gasteiger partial charge is 0.271 e. The number of hydrazone groups is 1. The highest BCUT2D eigenvalue weighted by atomic mass is 16.2. The number of hydrogen-bond donors (Lipinski definition) is 2. The van der Waals surface area contributed by atoms with Gasteiger partial charge < -0.3 is 16.0 Å². The van der Waals surface area contributed by atoms with E-state index >= 15 is 0 Å². The molecule has 144 valence electrons. The molecule has 3 N–H and O–H groups in total. The summed E-state index contributed by atoms with van der Waals surface area (Å²) in [5.74, 6) is -0.822. The lowest BCUT2D eigenvalue weighted by Crippen LogP contribution is -2.39. The standard InChI is InChI=1S/C21H23N5O2/c1-2-25-11-10-14-8-9-15(12-18(14)25)23-21(28)17-13-19(20(22)27)26(24-17)16-6-4-3-5-7-16/h3-9,12,19H,2,10-11,13H2,1H3,(H2,22,27)(H,23,28). The van der Waals surface area contributed by atoms with E-state index in [1.807, 2.05) is 42.5 Å². The first-order valence-corrected chi connectivity index (χ1v) is 9.47. The Morgan fingerprint density at radius 1 is 1.21 bits per heavy atom. The number of benzene rings is 2. The first-order chi connectivity index (χ1) is 13.6. The number of para-hydroxylation sites is 1. The van der Waals surface area contributed by atoms with E-state index in [2.05, 4.69) is 28.3 Å². The summed E-state index contributed by atoms with van der Waals surface area (Å²) in [6.45, 7) is 4.06. The van der Waals surface area contributed by atoms with Crippen LogP contribution in [0, 0.1) is 0 Å². The molecule has 0 spiro atoms. The second-order valence-corrected chi connectivity index (χ2v) is 6.98. The third-order valence-electron chi connectivity index (χ3n) is 5.24. The minimum Gasteiger partial charge on any atom is -0.371 e. The molecule has 0 radical (unpaired) electrons. The molecule has 0 aliphatic carbocycles. The molecule has 2 heterocycles. The van der Waals surface area contributed by atoms with E-state index in [4.69, 9.17) is 5.73 Å². The Kier molecular flexibility index (Phi) is 4.73. The number of anilines is 3. The van der Waals surface area contributed by atoms with Gasteiger partial charge in [-0.2, -0.15) is 5.10 Å². The molecule has 2 amide bonds. The van der Waals surface area contributed by atoms with Crippen molar-refractivity contribution in [3.05, 3.63) is 54.1 Å². The zero-order valence-electron chi connectivity index (χ0n) is 15.8. The maximum Gasteiger partial charge on any atom is 0.271 e. The van der Waals surface area contributed by atoms with Crippen LogP contribution in [0.15, 0.2) is 53.6 Å². The van der Waals surface area contributed by atoms with Gasteiger partial charge in [-0.25, -0.2) is 0 Å². The Labute approximate surface area is 163 Å². The van der Waals surface area contributed by atoms with Crippen LogP contribution in [0.2, 0.25) is 0 Å². The summed E-state index contributed by atoms with van der Waals surface area (Å²) in [5.41, 5.74) is 9.74. The average Bonchev–Trinajstić information content (AvgIpc) is 3.33. The van der Waals surface area contributed by atoms with Crippen LogP contribution in [0.3, 0.4) is 0 Å². The molecule has 2 aliphatic rings. The van der Waals surface area contributed by atoms with E-state index in [9.17, 15) is 9.59 Å². The van der Waals surface area contributed by atoms with Gasteiger partial charge in [0.05, 0.1) is 5.69 Å². The molecular formula is C21H23N5O2. The number of carbonyl (C=O) groups is 2. The normalized spacial score (nSPS) is 18.0. The molecule has 2 aliphatic heterocycles. The highest BCUT2D eigenvalue weighted by Gasteiger charge is 2.35. The number of nitrogens with two attached hydrogens (primary N) is 1. The lowest BCUT2D eigenvalue weighted by atomic mass is 10.1. The fourth-order valence-electron chi connectivity index (χ4n) is 3.74. The number of amides is 2. The van der Waals surface area contributed by atoms with Crippen LogP contribution in [0.1, 0.15) is 18.9 Å². The quantitative estimate of drug-likeness (QED) is 0.835. The summed E-state index contributed by atoms with van der Waals surface area (Å²) in [6, 6.07) is 14.5. The van der Waals surface area contributed by atoms with Gasteiger partial charge in [0.2, 0.25) is 5.91 Å². The van der Waals surface area contributed by atoms with Gasteiger partial charge in [0.25, 0.3) is 5.91 Å². The Morgan fingerprint density at radius 2 is 2.00 bits per heavy atom. The number of rotatable bonds is 5. The minimum atomic E-state index is -0.668. The van der Waals surface area contributed by atoms with E-state index in [1.165, 1.54) is 10.6 Å². The van der Waals surface area contributed by atoms with Crippen LogP contribution in [0.25, 0.3) is 0 Å². The predicted octanol–water partition coefficient (Wildman–Crippen LogP) is 2.13. The van der Waals surface area contributed by atoms with E-state index in [1.54, 1.807) is 0 Å². The molecule has 2 aromatic rings. The fraction of sp³-hybridized carbons (Fsp3) is 0.286. The van der Waals surface area contributed by atoms with Crippen LogP contribution in [-0.2, 0) is 16.0 Å². The molecular weight excluding hydrogens is 354 g/mol. The van der Waals surface area contributed by atoms with Gasteiger partial charge in [0.1, 0.15) is 11.8 Å². The van der Waals surface area contributed by atoms with Crippen LogP contribution >= 0.6 is 0 Å². The topological polar surface area (TPSA) is 91.0 Å². The highest BCUT2D eigenvalue weighted by molar-refractivity contribution is 6.44. The summed E-state index contributed by atoms with van der Waals surface area (Å²) < 4.78 is 0. The number of hydrogen-bond acceptors (Lipinski definition) is 5. The van der Waals surface area contributed by atoms with E-state index in [0.717, 1.165) is 36.6 Å². The van der Waals surface area contributed by atoms with Crippen LogP contribution < -0.4 is 21.0 Å². The van der Waals surface area contributed by atoms with Crippen molar-refractivity contribution in [3.8, 4) is 0 Å². The summed E-state index contributed by atoms with van der Waals surface area (Å²) in [4.78, 5) is 26.9. The number of nitrogens with zero attached hydrogens (tertiary/aromatic N) is 3. The van der Waals surface area contributed by atoms with Crippen molar-refractivity contribution < 1.29 is 9.59 Å². The molecule has 2 aromatic carbocycles. The molecule has 0 aromatic heterocycles. The Hall–Kier alpha value is -3.35. The predicted molar refractivity (Wildman–Crippen MR) is 111 cm³/mol. The maximum atomic E-state index is 12.8. The first kappa shape index (κ1) is 18.0. The van der Waals surface area contributed by atoms with Gasteiger partial charge in [-0.1, -0.05) is 24.3 Å². The Morgan fingerprint density at radius 3 is 2.71 bits per heavy atom. The summed E-state index contributed by atoms with van der Waals surface area (Å²) >= 11 is 0. The SMILES string of the molecule is CCN1CCc2ccc(NC(=O)C3=NN(c4ccccc4)C(C(N)=O)C3)cc21. The molecule has 7 nitrogen and oxygen atoms in total. The molecule has 4 rings (SSSR count). The van der Waals surface area contributed by atoms with Crippen LogP contribution in [0.4, 0.5) is 17.1 Å². The van der Waals surface area contributed by atoms with E-state index in [0.29, 0.717) is 5.71 Å². The van der Waals surface area contributed by atoms with Crippen molar-refractivity contribution in [2.24, 2.45) is 10.8 Å². The van der Waals surface area contributed by atoms with Crippen molar-refractivity contribution in [1.82, 2.24) is 0 Å². The average molecular weight is 377 g/mol. The lowest BCUT2D eigenvalue weighted by Gasteiger charge is -2.20. The Bertz CT molecular complexity index is 941. The molecule has 0 bridgehead atoms. The van der Waals surface area contributed by atoms with Gasteiger partial charge in [0, 0.05) is 30.9 Å². The van der Waals surface area contributed by atoms with Gasteiger partial charge in [-0.3, -0.25) is 14.6 Å². The first-order valence-electron chi connectivity index (χ1n) is 9.47. The highest BCUT2D eigenvalue weighted by Crippen LogP contribution is 2.31. The second kappa shape index (κ2) is 7.34. The number of primary amides is 1. The van der Waals surface area contributed by atoms with Gasteiger partial charge in [-0.05, 0) is 43.2 Å². The zero-order valence-corrected chi connectivity index (χ0v) is 15.8. The van der Waals surface area contributed by atoms with Crippen molar-refractivity contribution in [2.45, 2.75) is 25.8 Å². The molecule has 1 atom stereocenters. The lowest BCUT2D eigenvalue weighted by molar-refractivity contribution is -0.119. The van der Waals surface area contributed by atoms with Crippen LogP contribution in [0.5, 0.6) is 0 Å². The molecule has 28 heavy (non-hydrogen) atoms. The molecule has 7 heteroatoms. The summed E-state index contributed by atoms with van der Waals surface area (Å²) in [7, 11) is 0. The molecule has 0 saturated carbocycles. The zero-order chi connectivity index (χ0) is 19.7. The summed E-state index contributed by atoms with van der Waals surface area (Å²) in [5, 5.41) is 8.83. The van der Waals surface area contributed by atoms with Crippen molar-refractivity contribution >= 4 is 34.6 Å². The van der Waals surface area contributed by atoms with Gasteiger partial charge in [-0.15, -0.1) is 0 Å². The number of nitrogens with one attached hydrogen (secondary N) is 1. The largest absolute Gasteiger partial charge is 0.371 e. The van der Waals surface area contributed by atoms with Crippen LogP contribution in [-0.4, -0.2) is 36.7 Å². The van der Waals surface area contributed by atoms with Crippen molar-refractivity contribution in [1.29, 1.82) is 0 Å². The van der Waals surface area contributed by atoms with E-state index < -0.39 is 11.9 Å². The van der Waals surface area contributed by atoms with Crippen molar-refractivity contribution in [3.63, 3.8) is 0 Å². The maximum absolute atomic E-state index is 12.8. The number of likely N-dealkylation sites (N-methyl/N-ethyl adjacent to an activating group) is 1. The minimum absolute atomic E-state index is 0.183. The number of carbonyl (C=O) groups excluding carboxylic acids is 2. The van der Waals surface area contributed by atoms with Crippen molar-refractivity contribution in [2.75, 3.05) is 28.3 Å². The molecule has 1 unspecified atom stereocenters. The number of fused-ring (bicyclic) bond motifs is 1. The third-order valence-corrected chi connectivity index (χ3v) is 5.24. The van der Waals surface area contributed by atoms with Gasteiger partial charge >= 0.3 is 0 Å². The monoisotopic (exact) mass is 377 g/mol. The fourth-order valence-corrected chi connectivity index (χ4v) is 3.74. The van der Waals surface area contributed by atoms with Gasteiger partial charge in [0.15, 0.2) is 0 Å². The molecule has 0 fully saturated rings. The summed E-state index contributed by atoms with van der Waals surface area (Å²) in [6.07, 6.45) is 1.21. The molecule has 0 saturated heterocycles. The van der Waals surface area contributed by atoms with E-state index in [-0.39, 0.29) is 12.3 Å². The third kappa shape index (κ3) is 3.31.